The van der Waals surface area contributed by atoms with Crippen LogP contribution in [0.4, 0.5) is 0 Å². The van der Waals surface area contributed by atoms with E-state index in [4.69, 9.17) is 28.4 Å². The Kier molecular flexibility index (Phi) is 8.59. The quantitative estimate of drug-likeness (QED) is 0.447. The van der Waals surface area contributed by atoms with Crippen molar-refractivity contribution in [1.29, 1.82) is 0 Å². The number of esters is 4. The van der Waals surface area contributed by atoms with Crippen molar-refractivity contribution in [3.05, 3.63) is 29.3 Å². The Labute approximate surface area is 186 Å². The maximum Gasteiger partial charge on any atom is 0.303 e. The summed E-state index contributed by atoms with van der Waals surface area (Å²) in [5.74, 6) is -2.17. The topological polar surface area (TPSA) is 124 Å². The van der Waals surface area contributed by atoms with Crippen molar-refractivity contribution in [3.63, 3.8) is 0 Å². The lowest BCUT2D eigenvalue weighted by Crippen LogP contribution is -2.59. The summed E-state index contributed by atoms with van der Waals surface area (Å²) >= 11 is 0. The minimum Gasteiger partial charge on any atom is -0.496 e. The average molecular weight is 452 g/mol. The second-order valence-corrected chi connectivity index (χ2v) is 7.37. The minimum atomic E-state index is -1.23. The molecule has 0 radical (unpaired) electrons. The third kappa shape index (κ3) is 6.43. The molecule has 1 aromatic rings. The molecule has 1 aliphatic heterocycles. The molecule has 0 aromatic heterocycles. The van der Waals surface area contributed by atoms with E-state index in [0.717, 1.165) is 5.56 Å². The highest BCUT2D eigenvalue weighted by Gasteiger charge is 2.53. The summed E-state index contributed by atoms with van der Waals surface area (Å²) in [4.78, 5) is 47.1. The summed E-state index contributed by atoms with van der Waals surface area (Å²) in [6, 6.07) is 5.33. The summed E-state index contributed by atoms with van der Waals surface area (Å²) in [6.07, 6.45) is -5.61. The van der Waals surface area contributed by atoms with E-state index in [2.05, 4.69) is 0 Å². The molecule has 1 heterocycles. The smallest absolute Gasteiger partial charge is 0.303 e. The van der Waals surface area contributed by atoms with E-state index in [1.54, 1.807) is 12.1 Å². The predicted octanol–water partition coefficient (Wildman–Crippen LogP) is 1.80. The molecule has 0 saturated carbocycles. The van der Waals surface area contributed by atoms with Crippen LogP contribution < -0.4 is 4.74 Å². The fourth-order valence-electron chi connectivity index (χ4n) is 3.55. The van der Waals surface area contributed by atoms with Gasteiger partial charge in [0, 0.05) is 33.3 Å². The summed E-state index contributed by atoms with van der Waals surface area (Å²) in [5.41, 5.74) is 1.39. The normalized spacial score (nSPS) is 24.8. The number of carbonyl (C=O) groups excluding carboxylic acids is 4. The summed E-state index contributed by atoms with van der Waals surface area (Å²) in [7, 11) is 1.47. The molecule has 10 heteroatoms. The maximum absolute atomic E-state index is 11.9. The Morgan fingerprint density at radius 2 is 1.41 bits per heavy atom. The van der Waals surface area contributed by atoms with Gasteiger partial charge in [-0.2, -0.15) is 0 Å². The number of aryl methyl sites for hydroxylation is 1. The van der Waals surface area contributed by atoms with Crippen LogP contribution in [0.3, 0.4) is 0 Å². The summed E-state index contributed by atoms with van der Waals surface area (Å²) in [5, 5.41) is 0. The monoisotopic (exact) mass is 452 g/mol. The minimum absolute atomic E-state index is 0.289. The van der Waals surface area contributed by atoms with Gasteiger partial charge in [0.1, 0.15) is 24.6 Å². The van der Waals surface area contributed by atoms with Gasteiger partial charge in [-0.1, -0.05) is 11.6 Å². The van der Waals surface area contributed by atoms with Gasteiger partial charge < -0.3 is 28.4 Å². The number of hydrogen-bond donors (Lipinski definition) is 0. The third-order valence-corrected chi connectivity index (χ3v) is 4.68. The van der Waals surface area contributed by atoms with E-state index in [-0.39, 0.29) is 6.61 Å². The van der Waals surface area contributed by atoms with Crippen molar-refractivity contribution in [1.82, 2.24) is 0 Å². The van der Waals surface area contributed by atoms with Gasteiger partial charge in [0.2, 0.25) is 0 Å². The molecule has 1 saturated heterocycles. The van der Waals surface area contributed by atoms with Crippen molar-refractivity contribution < 1.29 is 47.6 Å². The first-order valence-corrected chi connectivity index (χ1v) is 9.98. The average Bonchev–Trinajstić information content (AvgIpc) is 2.68. The van der Waals surface area contributed by atoms with Gasteiger partial charge in [0.25, 0.3) is 0 Å². The molecule has 5 atom stereocenters. The van der Waals surface area contributed by atoms with Gasteiger partial charge in [-0.3, -0.25) is 19.2 Å². The highest BCUT2D eigenvalue weighted by molar-refractivity contribution is 5.69. The number of rotatable bonds is 7. The molecule has 10 nitrogen and oxygen atoms in total. The van der Waals surface area contributed by atoms with Crippen molar-refractivity contribution in [2.45, 2.75) is 65.1 Å². The summed E-state index contributed by atoms with van der Waals surface area (Å²) in [6.45, 7) is 6.33. The van der Waals surface area contributed by atoms with Gasteiger partial charge in [0.15, 0.2) is 18.3 Å². The molecule has 0 amide bonds. The Bertz CT molecular complexity index is 864. The molecule has 32 heavy (non-hydrogen) atoms. The van der Waals surface area contributed by atoms with E-state index in [9.17, 15) is 19.2 Å². The molecule has 2 rings (SSSR count). The molecule has 0 spiro atoms. The first-order valence-electron chi connectivity index (χ1n) is 9.98. The van der Waals surface area contributed by atoms with Gasteiger partial charge in [0.05, 0.1) is 7.11 Å². The predicted molar refractivity (Wildman–Crippen MR) is 109 cm³/mol. The largest absolute Gasteiger partial charge is 0.496 e. The molecule has 1 aromatic carbocycles. The molecule has 1 fully saturated rings. The Morgan fingerprint density at radius 3 is 1.94 bits per heavy atom. The van der Waals surface area contributed by atoms with Crippen LogP contribution in [0.2, 0.25) is 0 Å². The number of hydrogen-bond acceptors (Lipinski definition) is 10. The molecule has 0 N–H and O–H groups in total. The highest BCUT2D eigenvalue weighted by atomic mass is 16.7. The van der Waals surface area contributed by atoms with E-state index in [1.807, 2.05) is 13.0 Å². The number of benzene rings is 1. The van der Waals surface area contributed by atoms with Crippen molar-refractivity contribution >= 4 is 23.9 Å². The lowest BCUT2D eigenvalue weighted by molar-refractivity contribution is -0.254. The zero-order valence-corrected chi connectivity index (χ0v) is 18.9. The highest BCUT2D eigenvalue weighted by Crippen LogP contribution is 2.41. The van der Waals surface area contributed by atoms with Gasteiger partial charge in [-0.05, 0) is 19.1 Å². The van der Waals surface area contributed by atoms with Crippen LogP contribution in [0.1, 0.15) is 44.9 Å². The molecular weight excluding hydrogens is 424 g/mol. The number of ether oxygens (including phenoxy) is 6. The first-order chi connectivity index (χ1) is 15.0. The Morgan fingerprint density at radius 1 is 0.844 bits per heavy atom. The molecule has 1 aliphatic rings. The molecule has 0 aliphatic carbocycles. The van der Waals surface area contributed by atoms with Crippen molar-refractivity contribution in [3.8, 4) is 5.75 Å². The Hall–Kier alpha value is -3.14. The second kappa shape index (κ2) is 10.9. The number of methoxy groups -OCH3 is 1. The third-order valence-electron chi connectivity index (χ3n) is 4.68. The van der Waals surface area contributed by atoms with Crippen LogP contribution in [0.15, 0.2) is 18.2 Å². The van der Waals surface area contributed by atoms with Gasteiger partial charge in [-0.15, -0.1) is 0 Å². The second-order valence-electron chi connectivity index (χ2n) is 7.37. The van der Waals surface area contributed by atoms with Gasteiger partial charge in [-0.25, -0.2) is 0 Å². The first kappa shape index (κ1) is 25.1. The standard InChI is InChI=1S/C22H28O10/c1-11-7-8-17(27-6)16(9-11)19-21(30-14(4)25)22(31-15(5)26)20(29-13(3)24)18(32-19)10-28-12(2)23/h7-9,18-22H,10H2,1-6H3/t18?,19-,20+,21?,22?/m0/s1. The fourth-order valence-corrected chi connectivity index (χ4v) is 3.55. The van der Waals surface area contributed by atoms with Crippen LogP contribution in [-0.4, -0.2) is 62.0 Å². The lowest BCUT2D eigenvalue weighted by atomic mass is 9.89. The molecule has 0 bridgehead atoms. The van der Waals surface area contributed by atoms with Crippen LogP contribution >= 0.6 is 0 Å². The van der Waals surface area contributed by atoms with E-state index in [0.29, 0.717) is 11.3 Å². The zero-order chi connectivity index (χ0) is 24.0. The van der Waals surface area contributed by atoms with Crippen LogP contribution in [-0.2, 0) is 42.9 Å². The van der Waals surface area contributed by atoms with Crippen LogP contribution in [0.25, 0.3) is 0 Å². The molecular formula is C22H28O10. The number of carbonyl (C=O) groups is 4. The van der Waals surface area contributed by atoms with E-state index >= 15 is 0 Å². The van der Waals surface area contributed by atoms with Crippen molar-refractivity contribution in [2.24, 2.45) is 0 Å². The van der Waals surface area contributed by atoms with Crippen molar-refractivity contribution in [2.75, 3.05) is 13.7 Å². The van der Waals surface area contributed by atoms with Crippen LogP contribution in [0, 0.1) is 6.92 Å². The van der Waals surface area contributed by atoms with Gasteiger partial charge >= 0.3 is 23.9 Å². The summed E-state index contributed by atoms with van der Waals surface area (Å²) < 4.78 is 33.0. The van der Waals surface area contributed by atoms with E-state index in [1.165, 1.54) is 34.8 Å². The van der Waals surface area contributed by atoms with E-state index < -0.39 is 54.4 Å². The Balaban J connectivity index is 2.62. The fraction of sp³-hybridized carbons (Fsp3) is 0.545. The zero-order valence-electron chi connectivity index (χ0n) is 18.9. The van der Waals surface area contributed by atoms with Crippen LogP contribution in [0.5, 0.6) is 5.75 Å². The lowest BCUT2D eigenvalue weighted by Gasteiger charge is -2.44. The SMILES string of the molecule is COc1ccc(C)cc1[C@@H]1OC(COC(C)=O)[C@@H](OC(C)=O)C(OC(C)=O)C1OC(C)=O. The molecule has 176 valence electrons. The maximum atomic E-state index is 11.9. The molecule has 3 unspecified atom stereocenters.